The number of nitrogens with zero attached hydrogens (tertiary/aromatic N) is 2. The van der Waals surface area contributed by atoms with E-state index in [9.17, 15) is 10.1 Å². The summed E-state index contributed by atoms with van der Waals surface area (Å²) in [6, 6.07) is 19.2. The van der Waals surface area contributed by atoms with E-state index < -0.39 is 5.91 Å². The van der Waals surface area contributed by atoms with Crippen LogP contribution in [0, 0.1) is 32.1 Å². The van der Waals surface area contributed by atoms with E-state index in [0.29, 0.717) is 12.3 Å². The molecule has 0 spiro atoms. The van der Waals surface area contributed by atoms with Gasteiger partial charge in [-0.1, -0.05) is 18.2 Å². The summed E-state index contributed by atoms with van der Waals surface area (Å²) in [6.45, 7) is 8.56. The first-order chi connectivity index (χ1) is 14.4. The van der Waals surface area contributed by atoms with Gasteiger partial charge in [0.25, 0.3) is 5.91 Å². The maximum absolute atomic E-state index is 12.6. The summed E-state index contributed by atoms with van der Waals surface area (Å²) < 4.78 is 7.55. The Morgan fingerprint density at radius 2 is 1.83 bits per heavy atom. The van der Waals surface area contributed by atoms with E-state index in [1.807, 2.05) is 45.0 Å². The van der Waals surface area contributed by atoms with Gasteiger partial charge < -0.3 is 14.6 Å². The normalized spacial score (nSPS) is 11.1. The largest absolute Gasteiger partial charge is 0.494 e. The highest BCUT2D eigenvalue weighted by Crippen LogP contribution is 2.25. The molecule has 152 valence electrons. The molecule has 0 unspecified atom stereocenters. The standard InChI is InChI=1S/C25H25N3O2/c1-5-30-23-12-10-22(11-13-23)27-25(29)21(16-26)15-20-14-18(3)28(19(20)4)24-9-7-6-8-17(24)2/h6-15H,5H2,1-4H3,(H,27,29)/b21-15-. The second kappa shape index (κ2) is 9.15. The molecule has 0 aliphatic carbocycles. The molecule has 0 bridgehead atoms. The molecular formula is C25H25N3O2. The minimum absolute atomic E-state index is 0.0499. The predicted octanol–water partition coefficient (Wildman–Crippen LogP) is 5.35. The molecule has 3 aromatic rings. The quantitative estimate of drug-likeness (QED) is 0.449. The highest BCUT2D eigenvalue weighted by atomic mass is 16.5. The van der Waals surface area contributed by atoms with Crippen LogP contribution in [0.25, 0.3) is 11.8 Å². The molecule has 0 saturated heterocycles. The molecule has 3 rings (SSSR count). The average molecular weight is 399 g/mol. The molecule has 0 radical (unpaired) electrons. The summed E-state index contributed by atoms with van der Waals surface area (Å²) in [5.74, 6) is 0.289. The minimum atomic E-state index is -0.442. The number of para-hydroxylation sites is 1. The third kappa shape index (κ3) is 4.44. The van der Waals surface area contributed by atoms with Crippen LogP contribution in [0.2, 0.25) is 0 Å². The van der Waals surface area contributed by atoms with Crippen molar-refractivity contribution in [2.75, 3.05) is 11.9 Å². The van der Waals surface area contributed by atoms with Crippen molar-refractivity contribution in [1.82, 2.24) is 4.57 Å². The Hall–Kier alpha value is -3.78. The van der Waals surface area contributed by atoms with Crippen LogP contribution in [0.4, 0.5) is 5.69 Å². The van der Waals surface area contributed by atoms with Gasteiger partial charge >= 0.3 is 0 Å². The molecule has 0 aliphatic heterocycles. The van der Waals surface area contributed by atoms with Gasteiger partial charge in [0.2, 0.25) is 0 Å². The zero-order chi connectivity index (χ0) is 21.7. The number of hydrogen-bond donors (Lipinski definition) is 1. The first-order valence-corrected chi connectivity index (χ1v) is 9.85. The highest BCUT2D eigenvalue weighted by Gasteiger charge is 2.15. The second-order valence-electron chi connectivity index (χ2n) is 7.03. The number of benzene rings is 2. The number of nitrogens with one attached hydrogen (secondary N) is 1. The predicted molar refractivity (Wildman–Crippen MR) is 120 cm³/mol. The van der Waals surface area contributed by atoms with Crippen molar-refractivity contribution in [3.05, 3.63) is 82.7 Å². The van der Waals surface area contributed by atoms with Crippen molar-refractivity contribution in [2.45, 2.75) is 27.7 Å². The second-order valence-corrected chi connectivity index (χ2v) is 7.03. The fraction of sp³-hybridized carbons (Fsp3) is 0.200. The Bertz CT molecular complexity index is 1130. The summed E-state index contributed by atoms with van der Waals surface area (Å²) >= 11 is 0. The maximum atomic E-state index is 12.6. The first-order valence-electron chi connectivity index (χ1n) is 9.85. The van der Waals surface area contributed by atoms with Crippen LogP contribution in [-0.4, -0.2) is 17.1 Å². The summed E-state index contributed by atoms with van der Waals surface area (Å²) in [6.07, 6.45) is 1.64. The average Bonchev–Trinajstić information content (AvgIpc) is 3.01. The lowest BCUT2D eigenvalue weighted by atomic mass is 10.1. The molecule has 30 heavy (non-hydrogen) atoms. The van der Waals surface area contributed by atoms with Gasteiger partial charge in [0.05, 0.1) is 6.61 Å². The summed E-state index contributed by atoms with van der Waals surface area (Å²) in [5.41, 5.74) is 5.76. The fourth-order valence-electron chi connectivity index (χ4n) is 3.42. The van der Waals surface area contributed by atoms with Gasteiger partial charge in [0, 0.05) is 22.8 Å². The van der Waals surface area contributed by atoms with Gasteiger partial charge in [-0.3, -0.25) is 4.79 Å². The Kier molecular flexibility index (Phi) is 6.38. The molecule has 5 nitrogen and oxygen atoms in total. The molecule has 2 aromatic carbocycles. The molecule has 1 heterocycles. The molecule has 5 heteroatoms. The van der Waals surface area contributed by atoms with E-state index in [4.69, 9.17) is 4.74 Å². The number of anilines is 1. The minimum Gasteiger partial charge on any atom is -0.494 e. The smallest absolute Gasteiger partial charge is 0.266 e. The lowest BCUT2D eigenvalue weighted by Gasteiger charge is -2.12. The monoisotopic (exact) mass is 399 g/mol. The number of carbonyl (C=O) groups is 1. The van der Waals surface area contributed by atoms with Crippen molar-refractivity contribution in [1.29, 1.82) is 5.26 Å². The Labute approximate surface area is 177 Å². The topological polar surface area (TPSA) is 67.0 Å². The molecule has 0 atom stereocenters. The number of ether oxygens (including phenoxy) is 1. The Morgan fingerprint density at radius 1 is 1.13 bits per heavy atom. The summed E-state index contributed by atoms with van der Waals surface area (Å²) in [4.78, 5) is 12.6. The molecule has 0 fully saturated rings. The number of aromatic nitrogens is 1. The number of nitriles is 1. The Morgan fingerprint density at radius 3 is 2.47 bits per heavy atom. The van der Waals surface area contributed by atoms with Gasteiger partial charge in [-0.05, 0) is 81.3 Å². The van der Waals surface area contributed by atoms with E-state index in [-0.39, 0.29) is 5.57 Å². The molecule has 0 saturated carbocycles. The molecule has 1 aromatic heterocycles. The van der Waals surface area contributed by atoms with Crippen LogP contribution in [-0.2, 0) is 4.79 Å². The highest BCUT2D eigenvalue weighted by molar-refractivity contribution is 6.09. The van der Waals surface area contributed by atoms with Crippen LogP contribution in [0.1, 0.15) is 29.4 Å². The Balaban J connectivity index is 1.87. The lowest BCUT2D eigenvalue weighted by Crippen LogP contribution is -2.13. The zero-order valence-corrected chi connectivity index (χ0v) is 17.7. The van der Waals surface area contributed by atoms with E-state index >= 15 is 0 Å². The molecule has 1 N–H and O–H groups in total. The van der Waals surface area contributed by atoms with Crippen LogP contribution >= 0.6 is 0 Å². The molecule has 1 amide bonds. The number of amides is 1. The van der Waals surface area contributed by atoms with Gasteiger partial charge in [0.1, 0.15) is 17.4 Å². The number of rotatable bonds is 6. The van der Waals surface area contributed by atoms with Gasteiger partial charge in [0.15, 0.2) is 0 Å². The lowest BCUT2D eigenvalue weighted by molar-refractivity contribution is -0.112. The SMILES string of the molecule is CCOc1ccc(NC(=O)/C(C#N)=C\c2cc(C)n(-c3ccccc3C)c2C)cc1. The van der Waals surface area contributed by atoms with E-state index in [2.05, 4.69) is 28.9 Å². The van der Waals surface area contributed by atoms with Crippen molar-refractivity contribution >= 4 is 17.7 Å². The number of hydrogen-bond acceptors (Lipinski definition) is 3. The fourth-order valence-corrected chi connectivity index (χ4v) is 3.42. The molecular weight excluding hydrogens is 374 g/mol. The molecule has 0 aliphatic rings. The van der Waals surface area contributed by atoms with Crippen molar-refractivity contribution in [3.63, 3.8) is 0 Å². The third-order valence-corrected chi connectivity index (χ3v) is 4.91. The van der Waals surface area contributed by atoms with E-state index in [1.54, 1.807) is 30.3 Å². The van der Waals surface area contributed by atoms with Gasteiger partial charge in [-0.25, -0.2) is 0 Å². The van der Waals surface area contributed by atoms with E-state index in [0.717, 1.165) is 34.0 Å². The van der Waals surface area contributed by atoms with Crippen LogP contribution in [0.15, 0.2) is 60.2 Å². The van der Waals surface area contributed by atoms with Gasteiger partial charge in [-0.2, -0.15) is 5.26 Å². The third-order valence-electron chi connectivity index (χ3n) is 4.91. The van der Waals surface area contributed by atoms with Crippen molar-refractivity contribution < 1.29 is 9.53 Å². The van der Waals surface area contributed by atoms with Crippen LogP contribution in [0.3, 0.4) is 0 Å². The first kappa shape index (κ1) is 20.9. The van der Waals surface area contributed by atoms with Crippen molar-refractivity contribution in [2.24, 2.45) is 0 Å². The number of carbonyl (C=O) groups excluding carboxylic acids is 1. The summed E-state index contributed by atoms with van der Waals surface area (Å²) in [5, 5.41) is 12.3. The van der Waals surface area contributed by atoms with Crippen LogP contribution < -0.4 is 10.1 Å². The summed E-state index contributed by atoms with van der Waals surface area (Å²) in [7, 11) is 0. The van der Waals surface area contributed by atoms with Gasteiger partial charge in [-0.15, -0.1) is 0 Å². The number of aryl methyl sites for hydroxylation is 2. The van der Waals surface area contributed by atoms with E-state index in [1.165, 1.54) is 0 Å². The maximum Gasteiger partial charge on any atom is 0.266 e. The van der Waals surface area contributed by atoms with Crippen molar-refractivity contribution in [3.8, 4) is 17.5 Å². The van der Waals surface area contributed by atoms with Crippen LogP contribution in [0.5, 0.6) is 5.75 Å². The zero-order valence-electron chi connectivity index (χ0n) is 17.7.